The molecule has 4 rings (SSSR count). The maximum absolute atomic E-state index is 13.6. The van der Waals surface area contributed by atoms with E-state index in [1.54, 1.807) is 31.2 Å². The molecule has 40 heavy (non-hydrogen) atoms. The van der Waals surface area contributed by atoms with Crippen molar-refractivity contribution in [3.05, 3.63) is 80.2 Å². The van der Waals surface area contributed by atoms with E-state index in [-0.39, 0.29) is 11.3 Å². The molecule has 3 aromatic carbocycles. The number of nitrogens with one attached hydrogen (secondary N) is 1. The number of carbonyl (C=O) groups excluding carboxylic acids is 3. The molecule has 3 aromatic rings. The van der Waals surface area contributed by atoms with E-state index in [9.17, 15) is 14.4 Å². The molecule has 1 N–H and O–H groups in total. The van der Waals surface area contributed by atoms with Gasteiger partial charge in [0.25, 0.3) is 11.8 Å². The van der Waals surface area contributed by atoms with Crippen LogP contribution in [0.5, 0.6) is 23.0 Å². The minimum atomic E-state index is -0.891. The van der Waals surface area contributed by atoms with Gasteiger partial charge in [-0.1, -0.05) is 28.1 Å². The Labute approximate surface area is 248 Å². The molecule has 0 radical (unpaired) electrons. The molecule has 1 aliphatic heterocycles. The summed E-state index contributed by atoms with van der Waals surface area (Å²) in [6, 6.07) is 15.0. The SMILES string of the molecule is CCOc1ccc(OCC)c(N2C(=O)NC(=O)/C(=C\c3cc(Br)c(OCc4ccc(Br)cc4)c(OC)c3)C2=O)c1. The maximum Gasteiger partial charge on any atom is 0.336 e. The lowest BCUT2D eigenvalue weighted by Gasteiger charge is -2.28. The maximum atomic E-state index is 13.6. The number of amides is 4. The number of urea groups is 1. The standard InChI is InChI=1S/C29H26Br2N2O7/c1-4-38-20-10-11-24(39-5-2)23(15-20)33-28(35)21(27(34)32-29(33)36)12-18-13-22(31)26(25(14-18)37-3)40-16-17-6-8-19(30)9-7-17/h6-15H,4-5,16H2,1-3H3,(H,32,34,36)/b21-12+. The molecule has 0 atom stereocenters. The van der Waals surface area contributed by atoms with Gasteiger partial charge >= 0.3 is 6.03 Å². The fourth-order valence-electron chi connectivity index (χ4n) is 3.95. The minimum absolute atomic E-state index is 0.157. The number of hydrogen-bond acceptors (Lipinski definition) is 7. The quantitative estimate of drug-likeness (QED) is 0.200. The highest BCUT2D eigenvalue weighted by atomic mass is 79.9. The summed E-state index contributed by atoms with van der Waals surface area (Å²) in [5.41, 5.74) is 1.34. The van der Waals surface area contributed by atoms with Gasteiger partial charge in [0.05, 0.1) is 30.5 Å². The molecule has 0 saturated carbocycles. The van der Waals surface area contributed by atoms with E-state index >= 15 is 0 Å². The van der Waals surface area contributed by atoms with Gasteiger partial charge in [0.2, 0.25) is 0 Å². The highest BCUT2D eigenvalue weighted by Gasteiger charge is 2.38. The average Bonchev–Trinajstić information content (AvgIpc) is 2.92. The Hall–Kier alpha value is -3.83. The van der Waals surface area contributed by atoms with Crippen LogP contribution in [-0.4, -0.2) is 38.2 Å². The van der Waals surface area contributed by atoms with Crippen LogP contribution in [0.2, 0.25) is 0 Å². The van der Waals surface area contributed by atoms with Crippen LogP contribution in [0.3, 0.4) is 0 Å². The number of anilines is 1. The third kappa shape index (κ3) is 6.48. The van der Waals surface area contributed by atoms with Crippen molar-refractivity contribution in [3.63, 3.8) is 0 Å². The molecule has 11 heteroatoms. The molecule has 4 amide bonds. The molecule has 0 bridgehead atoms. The Morgan fingerprint density at radius 1 is 0.875 bits per heavy atom. The largest absolute Gasteiger partial charge is 0.494 e. The summed E-state index contributed by atoms with van der Waals surface area (Å²) in [4.78, 5) is 40.1. The predicted molar refractivity (Wildman–Crippen MR) is 157 cm³/mol. The van der Waals surface area contributed by atoms with Crippen molar-refractivity contribution in [3.8, 4) is 23.0 Å². The molecule has 0 aromatic heterocycles. The molecule has 0 aliphatic carbocycles. The second-order valence-corrected chi connectivity index (χ2v) is 10.2. The van der Waals surface area contributed by atoms with Crippen LogP contribution >= 0.6 is 31.9 Å². The van der Waals surface area contributed by atoms with Crippen LogP contribution in [-0.2, 0) is 16.2 Å². The number of halogens is 2. The van der Waals surface area contributed by atoms with Crippen LogP contribution in [0.15, 0.2) is 69.1 Å². The molecule has 208 valence electrons. The predicted octanol–water partition coefficient (Wildman–Crippen LogP) is 6.26. The van der Waals surface area contributed by atoms with Gasteiger partial charge in [-0.15, -0.1) is 0 Å². The fraction of sp³-hybridized carbons (Fsp3) is 0.207. The second kappa shape index (κ2) is 13.0. The summed E-state index contributed by atoms with van der Waals surface area (Å²) >= 11 is 6.92. The Kier molecular flexibility index (Phi) is 9.49. The number of imide groups is 2. The number of nitrogens with zero attached hydrogens (tertiary/aromatic N) is 1. The van der Waals surface area contributed by atoms with E-state index in [0.717, 1.165) is 14.9 Å². The van der Waals surface area contributed by atoms with E-state index < -0.39 is 17.8 Å². The highest BCUT2D eigenvalue weighted by Crippen LogP contribution is 2.39. The summed E-state index contributed by atoms with van der Waals surface area (Å²) < 4.78 is 24.2. The van der Waals surface area contributed by atoms with Crippen molar-refractivity contribution in [1.82, 2.24) is 5.32 Å². The first-order chi connectivity index (χ1) is 19.2. The number of hydrogen-bond donors (Lipinski definition) is 1. The van der Waals surface area contributed by atoms with Crippen LogP contribution in [0.4, 0.5) is 10.5 Å². The van der Waals surface area contributed by atoms with Crippen molar-refractivity contribution < 1.29 is 33.3 Å². The first kappa shape index (κ1) is 29.2. The van der Waals surface area contributed by atoms with Crippen LogP contribution in [0, 0.1) is 0 Å². The average molecular weight is 674 g/mol. The smallest absolute Gasteiger partial charge is 0.336 e. The number of barbiturate groups is 1. The van der Waals surface area contributed by atoms with E-state index in [0.29, 0.717) is 52.9 Å². The zero-order valence-electron chi connectivity index (χ0n) is 22.0. The van der Waals surface area contributed by atoms with E-state index in [2.05, 4.69) is 37.2 Å². The lowest BCUT2D eigenvalue weighted by atomic mass is 10.1. The van der Waals surface area contributed by atoms with Gasteiger partial charge in [-0.3, -0.25) is 14.9 Å². The van der Waals surface area contributed by atoms with Crippen LogP contribution in [0.1, 0.15) is 25.0 Å². The molecule has 9 nitrogen and oxygen atoms in total. The summed E-state index contributed by atoms with van der Waals surface area (Å²) in [6.45, 7) is 4.58. The van der Waals surface area contributed by atoms with Gasteiger partial charge in [-0.2, -0.15) is 0 Å². The van der Waals surface area contributed by atoms with E-state index in [4.69, 9.17) is 18.9 Å². The monoisotopic (exact) mass is 672 g/mol. The third-order valence-electron chi connectivity index (χ3n) is 5.74. The molecule has 1 heterocycles. The number of rotatable bonds is 10. The zero-order valence-corrected chi connectivity index (χ0v) is 25.1. The normalized spacial score (nSPS) is 14.3. The van der Waals surface area contributed by atoms with Crippen molar-refractivity contribution >= 4 is 61.5 Å². The van der Waals surface area contributed by atoms with Crippen molar-refractivity contribution in [1.29, 1.82) is 0 Å². The Morgan fingerprint density at radius 3 is 2.27 bits per heavy atom. The van der Waals surface area contributed by atoms with Crippen molar-refractivity contribution in [2.24, 2.45) is 0 Å². The first-order valence-electron chi connectivity index (χ1n) is 12.3. The van der Waals surface area contributed by atoms with Gasteiger partial charge in [0, 0.05) is 10.5 Å². The molecular formula is C29H26Br2N2O7. The first-order valence-corrected chi connectivity index (χ1v) is 13.9. The highest BCUT2D eigenvalue weighted by molar-refractivity contribution is 9.10. The van der Waals surface area contributed by atoms with Gasteiger partial charge in [0.15, 0.2) is 11.5 Å². The van der Waals surface area contributed by atoms with Gasteiger partial charge in [0.1, 0.15) is 23.7 Å². The summed E-state index contributed by atoms with van der Waals surface area (Å²) in [7, 11) is 1.49. The van der Waals surface area contributed by atoms with Crippen molar-refractivity contribution in [2.75, 3.05) is 25.2 Å². The van der Waals surface area contributed by atoms with Gasteiger partial charge in [-0.05, 0) is 83.4 Å². The van der Waals surface area contributed by atoms with Gasteiger partial charge < -0.3 is 18.9 Å². The number of ether oxygens (including phenoxy) is 4. The van der Waals surface area contributed by atoms with Gasteiger partial charge in [-0.25, -0.2) is 9.69 Å². The third-order valence-corrected chi connectivity index (χ3v) is 6.86. The number of benzene rings is 3. The molecule has 1 aliphatic rings. The second-order valence-electron chi connectivity index (χ2n) is 8.40. The molecule has 0 unspecified atom stereocenters. The van der Waals surface area contributed by atoms with Crippen LogP contribution in [0.25, 0.3) is 6.08 Å². The van der Waals surface area contributed by atoms with E-state index in [1.165, 1.54) is 19.3 Å². The Morgan fingerprint density at radius 2 is 1.60 bits per heavy atom. The van der Waals surface area contributed by atoms with Crippen LogP contribution < -0.4 is 29.2 Å². The lowest BCUT2D eigenvalue weighted by molar-refractivity contribution is -0.122. The topological polar surface area (TPSA) is 103 Å². The zero-order chi connectivity index (χ0) is 28.8. The Bertz CT molecular complexity index is 1470. The fourth-order valence-corrected chi connectivity index (χ4v) is 4.79. The summed E-state index contributed by atoms with van der Waals surface area (Å²) in [5.74, 6) is -0.0584. The van der Waals surface area contributed by atoms with Crippen molar-refractivity contribution in [2.45, 2.75) is 20.5 Å². The minimum Gasteiger partial charge on any atom is -0.494 e. The summed E-state index contributed by atoms with van der Waals surface area (Å²) in [6.07, 6.45) is 1.38. The lowest BCUT2D eigenvalue weighted by Crippen LogP contribution is -2.54. The number of methoxy groups -OCH3 is 1. The number of carbonyl (C=O) groups is 3. The van der Waals surface area contributed by atoms with E-state index in [1.807, 2.05) is 31.2 Å². The molecule has 1 saturated heterocycles. The molecular weight excluding hydrogens is 648 g/mol. The molecule has 1 fully saturated rings. The summed E-state index contributed by atoms with van der Waals surface area (Å²) in [5, 5.41) is 2.24. The molecule has 0 spiro atoms. The Balaban J connectivity index is 1.67.